The first-order chi connectivity index (χ1) is 7.81. The summed E-state index contributed by atoms with van der Waals surface area (Å²) in [5, 5.41) is 4.24. The van der Waals surface area contributed by atoms with E-state index in [0.717, 1.165) is 19.1 Å². The number of aromatic nitrogens is 1. The van der Waals surface area contributed by atoms with Gasteiger partial charge in [-0.2, -0.15) is 0 Å². The fraction of sp³-hybridized carbons (Fsp3) is 0.583. The van der Waals surface area contributed by atoms with Crippen LogP contribution in [-0.2, 0) is 0 Å². The van der Waals surface area contributed by atoms with Gasteiger partial charge in [0.2, 0.25) is 0 Å². The number of fused-ring (bicyclic) bond motifs is 2. The summed E-state index contributed by atoms with van der Waals surface area (Å²) in [4.78, 5) is 6.57. The average molecular weight is 238 g/mol. The zero-order chi connectivity index (χ0) is 11.0. The van der Waals surface area contributed by atoms with Gasteiger partial charge in [0.1, 0.15) is 5.15 Å². The zero-order valence-corrected chi connectivity index (χ0v) is 9.95. The summed E-state index contributed by atoms with van der Waals surface area (Å²) in [7, 11) is 0. The molecule has 2 aliphatic heterocycles. The molecule has 16 heavy (non-hydrogen) atoms. The highest BCUT2D eigenvalue weighted by Gasteiger charge is 2.29. The molecular formula is C12H16ClN3. The first-order valence-corrected chi connectivity index (χ1v) is 6.31. The second-order valence-corrected chi connectivity index (χ2v) is 5.10. The molecule has 3 rings (SSSR count). The minimum atomic E-state index is 0.568. The van der Waals surface area contributed by atoms with Crippen molar-refractivity contribution in [3.05, 3.63) is 23.5 Å². The van der Waals surface area contributed by atoms with Gasteiger partial charge in [-0.25, -0.2) is 4.98 Å². The molecule has 0 aromatic carbocycles. The van der Waals surface area contributed by atoms with E-state index in [-0.39, 0.29) is 0 Å². The molecule has 2 aliphatic rings. The molecule has 2 saturated heterocycles. The van der Waals surface area contributed by atoms with Gasteiger partial charge in [0.25, 0.3) is 0 Å². The van der Waals surface area contributed by atoms with Crippen LogP contribution in [-0.4, -0.2) is 30.2 Å². The van der Waals surface area contributed by atoms with Gasteiger partial charge >= 0.3 is 0 Å². The number of pyridine rings is 1. The van der Waals surface area contributed by atoms with Crippen LogP contribution in [0, 0.1) is 0 Å². The van der Waals surface area contributed by atoms with Gasteiger partial charge < -0.3 is 10.2 Å². The van der Waals surface area contributed by atoms with E-state index in [1.807, 2.05) is 12.3 Å². The predicted octanol–water partition coefficient (Wildman–Crippen LogP) is 2.07. The van der Waals surface area contributed by atoms with Crippen LogP contribution in [0.15, 0.2) is 18.3 Å². The van der Waals surface area contributed by atoms with E-state index in [0.29, 0.717) is 11.2 Å². The maximum atomic E-state index is 5.80. The third-order valence-electron chi connectivity index (χ3n) is 3.60. The van der Waals surface area contributed by atoms with Crippen molar-refractivity contribution in [2.75, 3.05) is 18.0 Å². The zero-order valence-electron chi connectivity index (χ0n) is 9.19. The summed E-state index contributed by atoms with van der Waals surface area (Å²) in [5.74, 6) is 0. The predicted molar refractivity (Wildman–Crippen MR) is 66.0 cm³/mol. The van der Waals surface area contributed by atoms with Crippen molar-refractivity contribution in [1.29, 1.82) is 0 Å². The summed E-state index contributed by atoms with van der Waals surface area (Å²) >= 11 is 5.80. The largest absolute Gasteiger partial charge is 0.369 e. The molecule has 1 aromatic rings. The number of hydrogen-bond acceptors (Lipinski definition) is 3. The van der Waals surface area contributed by atoms with Gasteiger partial charge in [0, 0.05) is 25.2 Å². The molecule has 2 bridgehead atoms. The summed E-state index contributed by atoms with van der Waals surface area (Å²) in [6.07, 6.45) is 5.76. The number of nitrogens with zero attached hydrogens (tertiary/aromatic N) is 2. The van der Waals surface area contributed by atoms with Crippen LogP contribution in [0.1, 0.15) is 19.3 Å². The Hall–Kier alpha value is -0.800. The van der Waals surface area contributed by atoms with Crippen LogP contribution in [0.25, 0.3) is 0 Å². The van der Waals surface area contributed by atoms with Gasteiger partial charge in [0.15, 0.2) is 0 Å². The van der Waals surface area contributed by atoms with Crippen LogP contribution in [0.2, 0.25) is 5.15 Å². The molecule has 0 amide bonds. The van der Waals surface area contributed by atoms with Crippen LogP contribution >= 0.6 is 11.6 Å². The lowest BCUT2D eigenvalue weighted by molar-refractivity contribution is 0.563. The molecule has 2 atom stereocenters. The third kappa shape index (κ3) is 2.02. The average Bonchev–Trinajstić information content (AvgIpc) is 2.60. The smallest absolute Gasteiger partial charge is 0.129 e. The van der Waals surface area contributed by atoms with Crippen molar-refractivity contribution in [2.24, 2.45) is 0 Å². The normalized spacial score (nSPS) is 29.2. The Morgan fingerprint density at radius 3 is 2.94 bits per heavy atom. The van der Waals surface area contributed by atoms with Gasteiger partial charge in [0.05, 0.1) is 11.9 Å². The van der Waals surface area contributed by atoms with Gasteiger partial charge in [-0.05, 0) is 31.4 Å². The van der Waals surface area contributed by atoms with Crippen LogP contribution in [0.4, 0.5) is 5.69 Å². The second kappa shape index (κ2) is 4.22. The van der Waals surface area contributed by atoms with Gasteiger partial charge in [-0.3, -0.25) is 0 Å². The highest BCUT2D eigenvalue weighted by Crippen LogP contribution is 2.24. The molecule has 2 fully saturated rings. The monoisotopic (exact) mass is 237 g/mol. The number of anilines is 1. The van der Waals surface area contributed by atoms with Gasteiger partial charge in [-0.1, -0.05) is 11.6 Å². The highest BCUT2D eigenvalue weighted by atomic mass is 35.5. The fourth-order valence-electron chi connectivity index (χ4n) is 2.73. The molecule has 0 aliphatic carbocycles. The lowest BCUT2D eigenvalue weighted by atomic mass is 10.1. The molecule has 0 unspecified atom stereocenters. The van der Waals surface area contributed by atoms with Gasteiger partial charge in [-0.15, -0.1) is 0 Å². The number of nitrogens with one attached hydrogen (secondary N) is 1. The van der Waals surface area contributed by atoms with Crippen molar-refractivity contribution in [3.63, 3.8) is 0 Å². The van der Waals surface area contributed by atoms with Crippen molar-refractivity contribution >= 4 is 17.3 Å². The minimum absolute atomic E-state index is 0.568. The summed E-state index contributed by atoms with van der Waals surface area (Å²) < 4.78 is 0. The Kier molecular flexibility index (Phi) is 2.74. The summed E-state index contributed by atoms with van der Waals surface area (Å²) in [6, 6.07) is 5.32. The molecule has 1 N–H and O–H groups in total. The molecule has 1 aromatic heterocycles. The van der Waals surface area contributed by atoms with Crippen LogP contribution in [0.5, 0.6) is 0 Å². The Bertz CT molecular complexity index is 365. The lowest BCUT2D eigenvalue weighted by Crippen LogP contribution is -2.35. The Morgan fingerprint density at radius 2 is 2.12 bits per heavy atom. The quantitative estimate of drug-likeness (QED) is 0.758. The maximum absolute atomic E-state index is 5.80. The Morgan fingerprint density at radius 1 is 1.25 bits per heavy atom. The van der Waals surface area contributed by atoms with E-state index in [1.54, 1.807) is 0 Å². The number of rotatable bonds is 1. The molecular weight excluding hydrogens is 222 g/mol. The topological polar surface area (TPSA) is 28.2 Å². The third-order valence-corrected chi connectivity index (χ3v) is 3.82. The van der Waals surface area contributed by atoms with Crippen molar-refractivity contribution in [3.8, 4) is 0 Å². The SMILES string of the molecule is Clc1ccc(N2CC[C@@H]3CC[C@H](C2)N3)cn1. The molecule has 4 heteroatoms. The standard InChI is InChI=1S/C12H16ClN3/c13-12-4-3-11(7-14-12)16-6-5-9-1-2-10(8-16)15-9/h3-4,7,9-10,15H,1-2,5-6,8H2/t9-,10+/m0/s1. The number of halogens is 1. The summed E-state index contributed by atoms with van der Waals surface area (Å²) in [6.45, 7) is 2.22. The van der Waals surface area contributed by atoms with E-state index < -0.39 is 0 Å². The maximum Gasteiger partial charge on any atom is 0.129 e. The van der Waals surface area contributed by atoms with E-state index in [4.69, 9.17) is 11.6 Å². The Balaban J connectivity index is 1.77. The Labute approximate surface area is 101 Å². The second-order valence-electron chi connectivity index (χ2n) is 4.71. The number of hydrogen-bond donors (Lipinski definition) is 1. The first-order valence-electron chi connectivity index (χ1n) is 5.94. The molecule has 3 heterocycles. The van der Waals surface area contributed by atoms with Crippen LogP contribution < -0.4 is 10.2 Å². The van der Waals surface area contributed by atoms with Crippen LogP contribution in [0.3, 0.4) is 0 Å². The van der Waals surface area contributed by atoms with Crippen molar-refractivity contribution in [1.82, 2.24) is 10.3 Å². The van der Waals surface area contributed by atoms with Crippen molar-refractivity contribution in [2.45, 2.75) is 31.3 Å². The minimum Gasteiger partial charge on any atom is -0.369 e. The van der Waals surface area contributed by atoms with E-state index in [1.165, 1.54) is 24.9 Å². The van der Waals surface area contributed by atoms with E-state index in [2.05, 4.69) is 21.3 Å². The van der Waals surface area contributed by atoms with E-state index >= 15 is 0 Å². The molecule has 3 nitrogen and oxygen atoms in total. The first kappa shape index (κ1) is 10.4. The fourth-order valence-corrected chi connectivity index (χ4v) is 2.84. The molecule has 0 saturated carbocycles. The summed E-state index contributed by atoms with van der Waals surface area (Å²) in [5.41, 5.74) is 1.19. The van der Waals surface area contributed by atoms with Crippen molar-refractivity contribution < 1.29 is 0 Å². The molecule has 86 valence electrons. The lowest BCUT2D eigenvalue weighted by Gasteiger charge is -2.25. The molecule has 0 spiro atoms. The highest BCUT2D eigenvalue weighted by molar-refractivity contribution is 6.29. The molecule has 0 radical (unpaired) electrons. The van der Waals surface area contributed by atoms with E-state index in [9.17, 15) is 0 Å².